The van der Waals surface area contributed by atoms with E-state index in [4.69, 9.17) is 4.42 Å². The summed E-state index contributed by atoms with van der Waals surface area (Å²) in [6, 6.07) is 11.7. The number of rotatable bonds is 13. The van der Waals surface area contributed by atoms with Crippen molar-refractivity contribution in [1.82, 2.24) is 25.4 Å². The fourth-order valence-corrected chi connectivity index (χ4v) is 6.37. The Kier molecular flexibility index (Phi) is 9.35. The first kappa shape index (κ1) is 27.6. The highest BCUT2D eigenvalue weighted by molar-refractivity contribution is 7.90. The van der Waals surface area contributed by atoms with Crippen molar-refractivity contribution in [2.24, 2.45) is 5.92 Å². The van der Waals surface area contributed by atoms with Gasteiger partial charge in [0.05, 0.1) is 17.5 Å². The second-order valence-corrected chi connectivity index (χ2v) is 11.7. The zero-order valence-corrected chi connectivity index (χ0v) is 22.3. The van der Waals surface area contributed by atoms with Gasteiger partial charge in [-0.2, -0.15) is 0 Å². The largest absolute Gasteiger partial charge is 0.414 e. The fourth-order valence-electron chi connectivity index (χ4n) is 4.59. The number of Topliss-reactive ketones (excluding diaryl/α,β-unsaturated/α-hetero) is 1. The van der Waals surface area contributed by atoms with Crippen molar-refractivity contribution < 1.29 is 22.4 Å². The molecule has 2 unspecified atom stereocenters. The quantitative estimate of drug-likeness (QED) is 0.325. The van der Waals surface area contributed by atoms with Gasteiger partial charge in [0, 0.05) is 44.0 Å². The van der Waals surface area contributed by atoms with Crippen molar-refractivity contribution in [2.45, 2.75) is 44.4 Å². The van der Waals surface area contributed by atoms with E-state index in [0.717, 1.165) is 12.8 Å². The summed E-state index contributed by atoms with van der Waals surface area (Å²) in [5.41, 5.74) is 1.35. The lowest BCUT2D eigenvalue weighted by Gasteiger charge is -2.23. The Hall–Kier alpha value is -3.44. The molecule has 1 aliphatic rings. The van der Waals surface area contributed by atoms with E-state index in [1.54, 1.807) is 53.7 Å². The van der Waals surface area contributed by atoms with Gasteiger partial charge in [0.25, 0.3) is 5.89 Å². The lowest BCUT2D eigenvalue weighted by Crippen LogP contribution is -2.42. The molecule has 0 aliphatic carbocycles. The van der Waals surface area contributed by atoms with E-state index in [-0.39, 0.29) is 47.9 Å². The standard InChI is InChI=1S/C27H33N5O5S/c1-2-23(25(34)27-31-30-26(37-27)22-10-12-28-13-11-22)29-17-21(16-24(33)32-14-6-7-15-32)19-38(35,36)18-20-8-4-3-5-9-20/h3-5,8-13,21,23,29H,2,6-7,14-19H2,1H3. The lowest BCUT2D eigenvalue weighted by molar-refractivity contribution is -0.130. The van der Waals surface area contributed by atoms with Crippen LogP contribution in [0, 0.1) is 5.92 Å². The van der Waals surface area contributed by atoms with Crippen LogP contribution in [0.5, 0.6) is 0 Å². The number of ketones is 1. The Labute approximate surface area is 222 Å². The van der Waals surface area contributed by atoms with Crippen molar-refractivity contribution in [2.75, 3.05) is 25.4 Å². The number of sulfone groups is 1. The van der Waals surface area contributed by atoms with Crippen LogP contribution in [-0.2, 0) is 20.4 Å². The number of amides is 1. The first-order valence-electron chi connectivity index (χ1n) is 12.9. The van der Waals surface area contributed by atoms with Gasteiger partial charge in [0.15, 0.2) is 9.84 Å². The lowest BCUT2D eigenvalue weighted by atomic mass is 10.0. The number of aromatic nitrogens is 3. The van der Waals surface area contributed by atoms with Gasteiger partial charge in [-0.3, -0.25) is 14.6 Å². The normalized spacial score (nSPS) is 15.3. The third kappa shape index (κ3) is 7.55. The monoisotopic (exact) mass is 539 g/mol. The van der Waals surface area contributed by atoms with Crippen LogP contribution in [0.25, 0.3) is 11.5 Å². The number of nitrogens with zero attached hydrogens (tertiary/aromatic N) is 4. The molecule has 1 N–H and O–H groups in total. The summed E-state index contributed by atoms with van der Waals surface area (Å²) >= 11 is 0. The van der Waals surface area contributed by atoms with E-state index in [0.29, 0.717) is 30.6 Å². The average Bonchev–Trinajstić information content (AvgIpc) is 3.62. The maximum Gasteiger partial charge on any atom is 0.285 e. The summed E-state index contributed by atoms with van der Waals surface area (Å²) in [7, 11) is -3.50. The van der Waals surface area contributed by atoms with Gasteiger partial charge >= 0.3 is 0 Å². The molecule has 4 rings (SSSR count). The van der Waals surface area contributed by atoms with Gasteiger partial charge in [-0.1, -0.05) is 37.3 Å². The molecule has 11 heteroatoms. The van der Waals surface area contributed by atoms with Gasteiger partial charge in [0.1, 0.15) is 0 Å². The number of carbonyl (C=O) groups excluding carboxylic acids is 2. The van der Waals surface area contributed by atoms with E-state index >= 15 is 0 Å². The number of likely N-dealkylation sites (tertiary alicyclic amines) is 1. The molecule has 202 valence electrons. The molecule has 1 saturated heterocycles. The molecule has 1 amide bonds. The maximum absolute atomic E-state index is 13.1. The van der Waals surface area contributed by atoms with Crippen LogP contribution in [0.1, 0.15) is 48.9 Å². The van der Waals surface area contributed by atoms with E-state index < -0.39 is 21.8 Å². The minimum Gasteiger partial charge on any atom is -0.414 e. The van der Waals surface area contributed by atoms with Crippen molar-refractivity contribution in [3.8, 4) is 11.5 Å². The number of hydrogen-bond acceptors (Lipinski definition) is 9. The van der Waals surface area contributed by atoms with Crippen LogP contribution in [0.15, 0.2) is 59.3 Å². The summed E-state index contributed by atoms with van der Waals surface area (Å²) in [4.78, 5) is 31.8. The van der Waals surface area contributed by atoms with Gasteiger partial charge in [0.2, 0.25) is 17.6 Å². The van der Waals surface area contributed by atoms with E-state index in [9.17, 15) is 18.0 Å². The fraction of sp³-hybridized carbons (Fsp3) is 0.444. The third-order valence-corrected chi connectivity index (χ3v) is 8.33. The average molecular weight is 540 g/mol. The number of carbonyl (C=O) groups is 2. The first-order valence-corrected chi connectivity index (χ1v) is 14.7. The summed E-state index contributed by atoms with van der Waals surface area (Å²) in [5.74, 6) is -1.10. The molecule has 1 fully saturated rings. The molecule has 1 aliphatic heterocycles. The number of hydrogen-bond donors (Lipinski definition) is 1. The van der Waals surface area contributed by atoms with Crippen LogP contribution >= 0.6 is 0 Å². The van der Waals surface area contributed by atoms with E-state index in [1.165, 1.54) is 0 Å². The Balaban J connectivity index is 1.44. The molecular formula is C27H33N5O5S. The number of nitrogens with one attached hydrogen (secondary N) is 1. The molecule has 0 radical (unpaired) electrons. The summed E-state index contributed by atoms with van der Waals surface area (Å²) in [6.07, 6.45) is 5.62. The second-order valence-electron chi connectivity index (χ2n) is 9.58. The van der Waals surface area contributed by atoms with E-state index in [1.807, 2.05) is 13.0 Å². The molecule has 3 aromatic rings. The Morgan fingerprint density at radius 1 is 1.05 bits per heavy atom. The van der Waals surface area contributed by atoms with Crippen molar-refractivity contribution in [3.05, 3.63) is 66.3 Å². The Morgan fingerprint density at radius 3 is 2.45 bits per heavy atom. The molecule has 0 spiro atoms. The predicted octanol–water partition coefficient (Wildman–Crippen LogP) is 2.93. The van der Waals surface area contributed by atoms with Gasteiger partial charge in [-0.05, 0) is 42.9 Å². The highest BCUT2D eigenvalue weighted by Gasteiger charge is 2.29. The third-order valence-electron chi connectivity index (χ3n) is 6.58. The zero-order valence-electron chi connectivity index (χ0n) is 21.5. The predicted molar refractivity (Wildman–Crippen MR) is 142 cm³/mol. The van der Waals surface area contributed by atoms with Crippen LogP contribution in [0.3, 0.4) is 0 Å². The first-order chi connectivity index (χ1) is 18.3. The highest BCUT2D eigenvalue weighted by atomic mass is 32.2. The SMILES string of the molecule is CCC(NCC(CC(=O)N1CCCC1)CS(=O)(=O)Cc1ccccc1)C(=O)c1nnc(-c2ccncc2)o1. The number of benzene rings is 1. The minimum atomic E-state index is -3.50. The second kappa shape index (κ2) is 12.9. The van der Waals surface area contributed by atoms with Crippen molar-refractivity contribution in [1.29, 1.82) is 0 Å². The summed E-state index contributed by atoms with van der Waals surface area (Å²) in [5, 5.41) is 11.1. The summed E-state index contributed by atoms with van der Waals surface area (Å²) in [6.45, 7) is 3.42. The molecule has 0 saturated carbocycles. The Bertz CT molecular complexity index is 1310. The number of pyridine rings is 1. The highest BCUT2D eigenvalue weighted by Crippen LogP contribution is 2.19. The van der Waals surface area contributed by atoms with Gasteiger partial charge < -0.3 is 14.6 Å². The van der Waals surface area contributed by atoms with Crippen molar-refractivity contribution in [3.63, 3.8) is 0 Å². The van der Waals surface area contributed by atoms with Gasteiger partial charge in [-0.25, -0.2) is 8.42 Å². The smallest absolute Gasteiger partial charge is 0.285 e. The van der Waals surface area contributed by atoms with Crippen LogP contribution in [0.2, 0.25) is 0 Å². The summed E-state index contributed by atoms with van der Waals surface area (Å²) < 4.78 is 31.7. The molecule has 2 atom stereocenters. The molecule has 1 aromatic carbocycles. The van der Waals surface area contributed by atoms with Gasteiger partial charge in [-0.15, -0.1) is 10.2 Å². The molecule has 2 aromatic heterocycles. The van der Waals surface area contributed by atoms with Crippen LogP contribution < -0.4 is 5.32 Å². The van der Waals surface area contributed by atoms with Crippen LogP contribution in [0.4, 0.5) is 0 Å². The molecule has 38 heavy (non-hydrogen) atoms. The zero-order chi connectivity index (χ0) is 27.0. The topological polar surface area (TPSA) is 135 Å². The maximum atomic E-state index is 13.1. The molecule has 10 nitrogen and oxygen atoms in total. The Morgan fingerprint density at radius 2 is 1.76 bits per heavy atom. The molecular weight excluding hydrogens is 506 g/mol. The molecule has 3 heterocycles. The van der Waals surface area contributed by atoms with Crippen molar-refractivity contribution >= 4 is 21.5 Å². The minimum absolute atomic E-state index is 0.0533. The molecule has 0 bridgehead atoms. The van der Waals surface area contributed by atoms with E-state index in [2.05, 4.69) is 20.5 Å². The van der Waals surface area contributed by atoms with Crippen LogP contribution in [-0.4, -0.2) is 71.6 Å².